The Balaban J connectivity index is 2.70. The van der Waals surface area contributed by atoms with Crippen molar-refractivity contribution in [3.05, 3.63) is 24.3 Å². The van der Waals surface area contributed by atoms with Crippen LogP contribution in [-0.4, -0.2) is 50.0 Å². The smallest absolute Gasteiger partial charge is 0.302 e. The van der Waals surface area contributed by atoms with Crippen molar-refractivity contribution in [3.8, 4) is 5.75 Å². The molecule has 0 aliphatic carbocycles. The Bertz CT molecular complexity index is 545. The lowest BCUT2D eigenvalue weighted by molar-refractivity contribution is -0.142. The van der Waals surface area contributed by atoms with E-state index in [-0.39, 0.29) is 37.1 Å². The number of carbonyl (C=O) groups excluding carboxylic acids is 2. The van der Waals surface area contributed by atoms with Gasteiger partial charge >= 0.3 is 11.9 Å². The Hall–Kier alpha value is -2.28. The molecular formula is C19H29NO6. The minimum Gasteiger partial charge on any atom is -0.497 e. The molecule has 0 fully saturated rings. The van der Waals surface area contributed by atoms with E-state index < -0.39 is 0 Å². The van der Waals surface area contributed by atoms with Crippen molar-refractivity contribution < 1.29 is 28.9 Å². The summed E-state index contributed by atoms with van der Waals surface area (Å²) >= 11 is 0. The fraction of sp³-hybridized carbons (Fsp3) is 0.579. The van der Waals surface area contributed by atoms with Crippen LogP contribution in [0.4, 0.5) is 5.69 Å². The third kappa shape index (κ3) is 8.71. The second-order valence-corrected chi connectivity index (χ2v) is 6.03. The first-order valence-corrected chi connectivity index (χ1v) is 8.74. The molecule has 0 aromatic heterocycles. The van der Waals surface area contributed by atoms with Gasteiger partial charge in [-0.3, -0.25) is 9.59 Å². The maximum Gasteiger partial charge on any atom is 0.302 e. The Kier molecular flexibility index (Phi) is 10.2. The number of methoxy groups -OCH3 is 1. The number of aliphatic hydroxyl groups excluding tert-OH is 1. The van der Waals surface area contributed by atoms with Crippen LogP contribution in [0.5, 0.6) is 5.75 Å². The van der Waals surface area contributed by atoms with Crippen LogP contribution in [0.1, 0.15) is 33.1 Å². The SMILES string of the molecule is COc1ccc(N[C@@H](CCCOC(C)=O)[C@@H](CO)CCOC(C)=O)cc1. The number of hydrogen-bond donors (Lipinski definition) is 2. The van der Waals surface area contributed by atoms with Gasteiger partial charge < -0.3 is 24.6 Å². The molecule has 0 aliphatic rings. The van der Waals surface area contributed by atoms with Gasteiger partial charge in [0.2, 0.25) is 0 Å². The Labute approximate surface area is 154 Å². The summed E-state index contributed by atoms with van der Waals surface area (Å²) in [5.41, 5.74) is 0.897. The van der Waals surface area contributed by atoms with E-state index in [4.69, 9.17) is 14.2 Å². The minimum atomic E-state index is -0.337. The molecular weight excluding hydrogens is 338 g/mol. The van der Waals surface area contributed by atoms with Gasteiger partial charge in [-0.25, -0.2) is 0 Å². The molecule has 7 nitrogen and oxygen atoms in total. The number of rotatable bonds is 12. The molecule has 0 aliphatic heterocycles. The van der Waals surface area contributed by atoms with E-state index in [1.54, 1.807) is 7.11 Å². The van der Waals surface area contributed by atoms with E-state index in [9.17, 15) is 14.7 Å². The van der Waals surface area contributed by atoms with Gasteiger partial charge in [-0.05, 0) is 43.5 Å². The molecule has 7 heteroatoms. The van der Waals surface area contributed by atoms with E-state index in [1.807, 2.05) is 24.3 Å². The fourth-order valence-electron chi connectivity index (χ4n) is 2.62. The normalized spacial score (nSPS) is 12.8. The average Bonchev–Trinajstić information content (AvgIpc) is 2.61. The summed E-state index contributed by atoms with van der Waals surface area (Å²) in [5, 5.41) is 13.2. The van der Waals surface area contributed by atoms with E-state index in [2.05, 4.69) is 5.32 Å². The van der Waals surface area contributed by atoms with Crippen LogP contribution >= 0.6 is 0 Å². The second kappa shape index (κ2) is 12.1. The first-order chi connectivity index (χ1) is 12.5. The number of esters is 2. The van der Waals surface area contributed by atoms with Crippen LogP contribution in [0.15, 0.2) is 24.3 Å². The van der Waals surface area contributed by atoms with Gasteiger partial charge in [0, 0.05) is 38.1 Å². The standard InChI is InChI=1S/C19H29NO6/c1-14(22)25-11-4-5-19(16(13-21)10-12-26-15(2)23)20-17-6-8-18(24-3)9-7-17/h6-9,16,19-21H,4-5,10-13H2,1-3H3/t16-,19+/m1/s1. The highest BCUT2D eigenvalue weighted by molar-refractivity contribution is 5.66. The van der Waals surface area contributed by atoms with Crippen molar-refractivity contribution in [2.75, 3.05) is 32.2 Å². The molecule has 0 saturated carbocycles. The maximum atomic E-state index is 10.9. The Morgan fingerprint density at radius 2 is 1.65 bits per heavy atom. The summed E-state index contributed by atoms with van der Waals surface area (Å²) in [5.74, 6) is 0.0127. The molecule has 2 N–H and O–H groups in total. The van der Waals surface area contributed by atoms with Crippen molar-refractivity contribution in [1.29, 1.82) is 0 Å². The number of ether oxygens (including phenoxy) is 3. The molecule has 1 aromatic rings. The lowest BCUT2D eigenvalue weighted by Crippen LogP contribution is -2.33. The van der Waals surface area contributed by atoms with Crippen LogP contribution in [-0.2, 0) is 19.1 Å². The lowest BCUT2D eigenvalue weighted by Gasteiger charge is -2.28. The Morgan fingerprint density at radius 3 is 2.19 bits per heavy atom. The molecule has 0 radical (unpaired) electrons. The summed E-state index contributed by atoms with van der Waals surface area (Å²) < 4.78 is 15.1. The van der Waals surface area contributed by atoms with Crippen molar-refractivity contribution in [3.63, 3.8) is 0 Å². The maximum absolute atomic E-state index is 10.9. The number of nitrogens with one attached hydrogen (secondary N) is 1. The first-order valence-electron chi connectivity index (χ1n) is 8.74. The lowest BCUT2D eigenvalue weighted by atomic mass is 9.93. The molecule has 2 atom stereocenters. The highest BCUT2D eigenvalue weighted by atomic mass is 16.5. The second-order valence-electron chi connectivity index (χ2n) is 6.03. The highest BCUT2D eigenvalue weighted by Gasteiger charge is 2.21. The zero-order valence-electron chi connectivity index (χ0n) is 15.7. The van der Waals surface area contributed by atoms with E-state index >= 15 is 0 Å². The zero-order valence-corrected chi connectivity index (χ0v) is 15.7. The largest absolute Gasteiger partial charge is 0.497 e. The number of hydrogen-bond acceptors (Lipinski definition) is 7. The van der Waals surface area contributed by atoms with Crippen LogP contribution in [0.25, 0.3) is 0 Å². The van der Waals surface area contributed by atoms with Gasteiger partial charge in [0.05, 0.1) is 20.3 Å². The summed E-state index contributed by atoms with van der Waals surface area (Å²) in [6, 6.07) is 7.45. The number of benzene rings is 1. The summed E-state index contributed by atoms with van der Waals surface area (Å²) in [6.07, 6.45) is 1.90. The van der Waals surface area contributed by atoms with E-state index in [0.29, 0.717) is 25.9 Å². The summed E-state index contributed by atoms with van der Waals surface area (Å²) in [7, 11) is 1.61. The van der Waals surface area contributed by atoms with Gasteiger partial charge in [0.25, 0.3) is 0 Å². The number of anilines is 1. The third-order valence-corrected chi connectivity index (χ3v) is 4.00. The van der Waals surface area contributed by atoms with Gasteiger partial charge in [0.15, 0.2) is 0 Å². The predicted octanol–water partition coefficient (Wildman–Crippen LogP) is 2.38. The van der Waals surface area contributed by atoms with Crippen molar-refractivity contribution >= 4 is 17.6 Å². The van der Waals surface area contributed by atoms with Crippen LogP contribution in [0.2, 0.25) is 0 Å². The molecule has 0 saturated heterocycles. The van der Waals surface area contributed by atoms with Crippen molar-refractivity contribution in [2.24, 2.45) is 5.92 Å². The third-order valence-electron chi connectivity index (χ3n) is 4.00. The van der Waals surface area contributed by atoms with Gasteiger partial charge in [0.1, 0.15) is 5.75 Å². The van der Waals surface area contributed by atoms with Crippen molar-refractivity contribution in [2.45, 2.75) is 39.2 Å². The minimum absolute atomic E-state index is 0.0390. The molecule has 1 aromatic carbocycles. The Morgan fingerprint density at radius 1 is 1.04 bits per heavy atom. The van der Waals surface area contributed by atoms with E-state index in [0.717, 1.165) is 11.4 Å². The average molecular weight is 367 g/mol. The van der Waals surface area contributed by atoms with Crippen LogP contribution < -0.4 is 10.1 Å². The zero-order chi connectivity index (χ0) is 19.4. The van der Waals surface area contributed by atoms with Gasteiger partial charge in [-0.1, -0.05) is 0 Å². The van der Waals surface area contributed by atoms with Crippen molar-refractivity contribution in [1.82, 2.24) is 0 Å². The van der Waals surface area contributed by atoms with Gasteiger partial charge in [-0.15, -0.1) is 0 Å². The molecule has 1 rings (SSSR count). The summed E-state index contributed by atoms with van der Waals surface area (Å²) in [4.78, 5) is 21.8. The topological polar surface area (TPSA) is 94.1 Å². The van der Waals surface area contributed by atoms with Crippen LogP contribution in [0, 0.1) is 5.92 Å². The first kappa shape index (κ1) is 21.8. The fourth-order valence-corrected chi connectivity index (χ4v) is 2.62. The van der Waals surface area contributed by atoms with Gasteiger partial charge in [-0.2, -0.15) is 0 Å². The molecule has 0 bridgehead atoms. The molecule has 0 unspecified atom stereocenters. The van der Waals surface area contributed by atoms with Crippen LogP contribution in [0.3, 0.4) is 0 Å². The molecule has 0 amide bonds. The molecule has 146 valence electrons. The number of carbonyl (C=O) groups is 2. The number of aliphatic hydroxyl groups is 1. The molecule has 26 heavy (non-hydrogen) atoms. The molecule has 0 heterocycles. The summed E-state index contributed by atoms with van der Waals surface area (Å²) in [6.45, 7) is 3.29. The highest BCUT2D eigenvalue weighted by Crippen LogP contribution is 2.22. The van der Waals surface area contributed by atoms with E-state index in [1.165, 1.54) is 13.8 Å². The predicted molar refractivity (Wildman–Crippen MR) is 98.1 cm³/mol. The quantitative estimate of drug-likeness (QED) is 0.433. The monoisotopic (exact) mass is 367 g/mol. The molecule has 0 spiro atoms.